The molecule has 1 unspecified atom stereocenters. The summed E-state index contributed by atoms with van der Waals surface area (Å²) in [5, 5.41) is 4.83. The van der Waals surface area contributed by atoms with E-state index in [1.54, 1.807) is 0 Å². The van der Waals surface area contributed by atoms with Crippen molar-refractivity contribution in [2.24, 2.45) is 5.92 Å². The van der Waals surface area contributed by atoms with Crippen LogP contribution in [-0.4, -0.2) is 7.05 Å². The van der Waals surface area contributed by atoms with Crippen molar-refractivity contribution >= 4 is 23.2 Å². The van der Waals surface area contributed by atoms with Crippen LogP contribution in [0.4, 0.5) is 0 Å². The van der Waals surface area contributed by atoms with Crippen LogP contribution in [-0.2, 0) is 0 Å². The van der Waals surface area contributed by atoms with Gasteiger partial charge in [0, 0.05) is 21.7 Å². The zero-order valence-corrected chi connectivity index (χ0v) is 10.3. The molecule has 0 heterocycles. The van der Waals surface area contributed by atoms with Crippen LogP contribution in [0, 0.1) is 5.92 Å². The molecule has 1 nitrogen and oxygen atoms in total. The Bertz CT molecular complexity index is 327. The smallest absolute Gasteiger partial charge is 0.0468 e. The zero-order valence-electron chi connectivity index (χ0n) is 8.76. The fourth-order valence-corrected chi connectivity index (χ4v) is 2.57. The van der Waals surface area contributed by atoms with Gasteiger partial charge in [-0.15, -0.1) is 0 Å². The highest BCUT2D eigenvalue weighted by molar-refractivity contribution is 6.36. The molecular formula is C12H15Cl2N. The lowest BCUT2D eigenvalue weighted by Gasteiger charge is -2.19. The van der Waals surface area contributed by atoms with Crippen LogP contribution in [0.3, 0.4) is 0 Å². The second-order valence-electron chi connectivity index (χ2n) is 4.16. The Morgan fingerprint density at radius 2 is 1.93 bits per heavy atom. The quantitative estimate of drug-likeness (QED) is 0.842. The SMILES string of the molecule is CNC(CC1CC1)c1c(Cl)cccc1Cl. The predicted molar refractivity (Wildman–Crippen MR) is 65.6 cm³/mol. The summed E-state index contributed by atoms with van der Waals surface area (Å²) in [6.07, 6.45) is 3.83. The number of benzene rings is 1. The van der Waals surface area contributed by atoms with Crippen molar-refractivity contribution in [2.45, 2.75) is 25.3 Å². The van der Waals surface area contributed by atoms with Gasteiger partial charge in [-0.05, 0) is 31.5 Å². The molecule has 2 rings (SSSR count). The van der Waals surface area contributed by atoms with E-state index in [9.17, 15) is 0 Å². The number of hydrogen-bond donors (Lipinski definition) is 1. The van der Waals surface area contributed by atoms with Gasteiger partial charge in [-0.3, -0.25) is 0 Å². The second kappa shape index (κ2) is 4.73. The lowest BCUT2D eigenvalue weighted by molar-refractivity contribution is 0.515. The molecule has 82 valence electrons. The van der Waals surface area contributed by atoms with Gasteiger partial charge in [0.2, 0.25) is 0 Å². The predicted octanol–water partition coefficient (Wildman–Crippen LogP) is 4.05. The minimum atomic E-state index is 0.290. The van der Waals surface area contributed by atoms with E-state index in [1.165, 1.54) is 12.8 Å². The number of nitrogens with one attached hydrogen (secondary N) is 1. The van der Waals surface area contributed by atoms with Crippen molar-refractivity contribution < 1.29 is 0 Å². The highest BCUT2D eigenvalue weighted by atomic mass is 35.5. The van der Waals surface area contributed by atoms with Crippen molar-refractivity contribution in [2.75, 3.05) is 7.05 Å². The van der Waals surface area contributed by atoms with Crippen LogP contribution in [0.2, 0.25) is 10.0 Å². The van der Waals surface area contributed by atoms with Gasteiger partial charge in [0.25, 0.3) is 0 Å². The average Bonchev–Trinajstić information content (AvgIpc) is 2.99. The Morgan fingerprint density at radius 1 is 1.33 bits per heavy atom. The average molecular weight is 244 g/mol. The summed E-state index contributed by atoms with van der Waals surface area (Å²) >= 11 is 12.4. The lowest BCUT2D eigenvalue weighted by atomic mass is 10.0. The Hall–Kier alpha value is -0.240. The summed E-state index contributed by atoms with van der Waals surface area (Å²) in [4.78, 5) is 0. The maximum Gasteiger partial charge on any atom is 0.0468 e. The number of rotatable bonds is 4. The van der Waals surface area contributed by atoms with Gasteiger partial charge in [0.15, 0.2) is 0 Å². The van der Waals surface area contributed by atoms with Gasteiger partial charge in [0.05, 0.1) is 0 Å². The topological polar surface area (TPSA) is 12.0 Å². The van der Waals surface area contributed by atoms with Gasteiger partial charge < -0.3 is 5.32 Å². The maximum atomic E-state index is 6.18. The molecule has 1 aromatic carbocycles. The molecule has 1 atom stereocenters. The summed E-state index contributed by atoms with van der Waals surface area (Å²) in [5.41, 5.74) is 1.05. The maximum absolute atomic E-state index is 6.18. The number of halogens is 2. The molecule has 0 amide bonds. The molecule has 0 aliphatic heterocycles. The summed E-state index contributed by atoms with van der Waals surface area (Å²) < 4.78 is 0. The lowest BCUT2D eigenvalue weighted by Crippen LogP contribution is -2.17. The van der Waals surface area contributed by atoms with Gasteiger partial charge in [-0.1, -0.05) is 42.1 Å². The molecule has 1 saturated carbocycles. The van der Waals surface area contributed by atoms with Crippen LogP contribution in [0.15, 0.2) is 18.2 Å². The standard InChI is InChI=1S/C12H15Cl2N/c1-15-11(7-8-5-6-8)12-9(13)3-2-4-10(12)14/h2-4,8,11,15H,5-7H2,1H3. The Balaban J connectivity index is 2.23. The third kappa shape index (κ3) is 2.66. The molecule has 15 heavy (non-hydrogen) atoms. The minimum Gasteiger partial charge on any atom is -0.313 e. The largest absolute Gasteiger partial charge is 0.313 e. The van der Waals surface area contributed by atoms with E-state index in [-0.39, 0.29) is 0 Å². The van der Waals surface area contributed by atoms with Crippen molar-refractivity contribution in [1.29, 1.82) is 0 Å². The molecule has 0 radical (unpaired) electrons. The molecule has 0 spiro atoms. The van der Waals surface area contributed by atoms with Crippen LogP contribution in [0.5, 0.6) is 0 Å². The summed E-state index contributed by atoms with van der Waals surface area (Å²) in [7, 11) is 1.96. The van der Waals surface area contributed by atoms with E-state index in [0.717, 1.165) is 27.9 Å². The van der Waals surface area contributed by atoms with Crippen LogP contribution >= 0.6 is 23.2 Å². The zero-order chi connectivity index (χ0) is 10.8. The number of hydrogen-bond acceptors (Lipinski definition) is 1. The van der Waals surface area contributed by atoms with Crippen molar-refractivity contribution in [3.63, 3.8) is 0 Å². The first-order chi connectivity index (χ1) is 7.22. The Morgan fingerprint density at radius 3 is 2.40 bits per heavy atom. The molecule has 0 bridgehead atoms. The van der Waals surface area contributed by atoms with Crippen molar-refractivity contribution in [1.82, 2.24) is 5.32 Å². The molecule has 1 fully saturated rings. The summed E-state index contributed by atoms with van der Waals surface area (Å²) in [6, 6.07) is 5.98. The molecule has 1 aliphatic carbocycles. The van der Waals surface area contributed by atoms with E-state index in [1.807, 2.05) is 25.2 Å². The first-order valence-corrected chi connectivity index (χ1v) is 6.09. The highest BCUT2D eigenvalue weighted by Crippen LogP contribution is 2.40. The van der Waals surface area contributed by atoms with Gasteiger partial charge >= 0.3 is 0 Å². The highest BCUT2D eigenvalue weighted by Gasteiger charge is 2.27. The normalized spacial score (nSPS) is 17.8. The van der Waals surface area contributed by atoms with Gasteiger partial charge in [-0.25, -0.2) is 0 Å². The van der Waals surface area contributed by atoms with E-state index < -0.39 is 0 Å². The molecule has 1 aliphatic rings. The first-order valence-electron chi connectivity index (χ1n) is 5.33. The Labute approximate surface area is 101 Å². The summed E-state index contributed by atoms with van der Waals surface area (Å²) in [6.45, 7) is 0. The van der Waals surface area contributed by atoms with Gasteiger partial charge in [-0.2, -0.15) is 0 Å². The minimum absolute atomic E-state index is 0.290. The third-order valence-electron chi connectivity index (χ3n) is 2.96. The summed E-state index contributed by atoms with van der Waals surface area (Å²) in [5.74, 6) is 0.856. The van der Waals surface area contributed by atoms with Crippen LogP contribution < -0.4 is 5.32 Å². The molecular weight excluding hydrogens is 229 g/mol. The molecule has 0 saturated heterocycles. The first kappa shape index (κ1) is 11.3. The molecule has 3 heteroatoms. The molecule has 0 aromatic heterocycles. The van der Waals surface area contributed by atoms with E-state index >= 15 is 0 Å². The molecule has 1 N–H and O–H groups in total. The monoisotopic (exact) mass is 243 g/mol. The van der Waals surface area contributed by atoms with E-state index in [2.05, 4.69) is 5.32 Å². The van der Waals surface area contributed by atoms with Crippen molar-refractivity contribution in [3.05, 3.63) is 33.8 Å². The van der Waals surface area contributed by atoms with E-state index in [0.29, 0.717) is 6.04 Å². The van der Waals surface area contributed by atoms with E-state index in [4.69, 9.17) is 23.2 Å². The molecule has 1 aromatic rings. The fraction of sp³-hybridized carbons (Fsp3) is 0.500. The van der Waals surface area contributed by atoms with Gasteiger partial charge in [0.1, 0.15) is 0 Å². The van der Waals surface area contributed by atoms with Crippen LogP contribution in [0.1, 0.15) is 30.9 Å². The van der Waals surface area contributed by atoms with Crippen molar-refractivity contribution in [3.8, 4) is 0 Å². The third-order valence-corrected chi connectivity index (χ3v) is 3.62. The second-order valence-corrected chi connectivity index (χ2v) is 4.97. The fourth-order valence-electron chi connectivity index (χ4n) is 1.91. The van der Waals surface area contributed by atoms with Crippen LogP contribution in [0.25, 0.3) is 0 Å². The Kier molecular flexibility index (Phi) is 3.55.